The van der Waals surface area contributed by atoms with Gasteiger partial charge in [-0.15, -0.1) is 10.2 Å². The van der Waals surface area contributed by atoms with Gasteiger partial charge in [-0.1, -0.05) is 30.3 Å². The van der Waals surface area contributed by atoms with Crippen molar-refractivity contribution in [3.63, 3.8) is 0 Å². The highest BCUT2D eigenvalue weighted by Crippen LogP contribution is 2.35. The molecule has 0 amide bonds. The van der Waals surface area contributed by atoms with E-state index in [2.05, 4.69) is 19.8 Å². The molecule has 0 unspecified atom stereocenters. The van der Waals surface area contributed by atoms with Crippen molar-refractivity contribution >= 4 is 37.8 Å². The number of benzene rings is 2. The number of sulfonamides is 1. The molecule has 0 saturated carbocycles. The van der Waals surface area contributed by atoms with Gasteiger partial charge >= 0.3 is 0 Å². The van der Waals surface area contributed by atoms with Gasteiger partial charge in [-0.05, 0) is 19.1 Å². The molecule has 10 heteroatoms. The second-order valence-corrected chi connectivity index (χ2v) is 9.33. The maximum absolute atomic E-state index is 12.1. The van der Waals surface area contributed by atoms with Crippen LogP contribution >= 0.6 is 0 Å². The molecule has 1 saturated heterocycles. The van der Waals surface area contributed by atoms with Gasteiger partial charge in [-0.3, -0.25) is 4.72 Å². The van der Waals surface area contributed by atoms with Crippen LogP contribution in [0.4, 0.5) is 11.4 Å². The Kier molecular flexibility index (Phi) is 4.75. The molecule has 5 rings (SSSR count). The van der Waals surface area contributed by atoms with Crippen molar-refractivity contribution in [3.8, 4) is 11.3 Å². The number of nitrogens with one attached hydrogen (secondary N) is 1. The van der Waals surface area contributed by atoms with E-state index in [1.165, 1.54) is 0 Å². The first kappa shape index (κ1) is 19.7. The van der Waals surface area contributed by atoms with Crippen molar-refractivity contribution in [2.45, 2.75) is 6.92 Å². The van der Waals surface area contributed by atoms with Crippen LogP contribution in [0, 0.1) is 6.92 Å². The van der Waals surface area contributed by atoms with Gasteiger partial charge < -0.3 is 9.64 Å². The van der Waals surface area contributed by atoms with Crippen LogP contribution in [0.15, 0.2) is 42.5 Å². The summed E-state index contributed by atoms with van der Waals surface area (Å²) in [6, 6.07) is 13.6. The van der Waals surface area contributed by atoms with Gasteiger partial charge in [0.05, 0.1) is 36.5 Å². The van der Waals surface area contributed by atoms with E-state index in [-0.39, 0.29) is 0 Å². The lowest BCUT2D eigenvalue weighted by Crippen LogP contribution is -2.36. The lowest BCUT2D eigenvalue weighted by atomic mass is 10.0. The molecule has 0 radical (unpaired) electrons. The van der Waals surface area contributed by atoms with Crippen LogP contribution in [0.1, 0.15) is 5.82 Å². The molecule has 160 valence electrons. The summed E-state index contributed by atoms with van der Waals surface area (Å²) in [5.74, 6) is 0.682. The Morgan fingerprint density at radius 3 is 2.52 bits per heavy atom. The molecule has 4 aromatic rings. The Bertz CT molecular complexity index is 1390. The summed E-state index contributed by atoms with van der Waals surface area (Å²) >= 11 is 0. The monoisotopic (exact) mass is 438 g/mol. The summed E-state index contributed by atoms with van der Waals surface area (Å²) in [4.78, 5) is 2.12. The number of fused-ring (bicyclic) bond motifs is 3. The van der Waals surface area contributed by atoms with E-state index in [0.29, 0.717) is 43.5 Å². The third kappa shape index (κ3) is 3.68. The Labute approximate surface area is 179 Å². The molecule has 2 aromatic heterocycles. The van der Waals surface area contributed by atoms with E-state index >= 15 is 0 Å². The Morgan fingerprint density at radius 2 is 1.77 bits per heavy atom. The summed E-state index contributed by atoms with van der Waals surface area (Å²) in [5, 5.41) is 15.1. The fourth-order valence-electron chi connectivity index (χ4n) is 3.94. The van der Waals surface area contributed by atoms with Gasteiger partial charge in [0.25, 0.3) is 0 Å². The molecular formula is C21H22N6O3S. The standard InChI is InChI=1S/C21H22N6O3S/c1-14-22-23-21-17-6-4-3-5-16(17)20(24-27(14)21)15-7-8-19(26-9-11-30-12-10-26)18(13-15)25-31(2,28)29/h3-8,13,25H,9-12H2,1-2H3. The highest BCUT2D eigenvalue weighted by atomic mass is 32.2. The molecule has 0 atom stereocenters. The van der Waals surface area contributed by atoms with Crippen LogP contribution in [0.2, 0.25) is 0 Å². The zero-order valence-corrected chi connectivity index (χ0v) is 18.1. The molecule has 0 bridgehead atoms. The smallest absolute Gasteiger partial charge is 0.229 e. The fraction of sp³-hybridized carbons (Fsp3) is 0.286. The largest absolute Gasteiger partial charge is 0.378 e. The topological polar surface area (TPSA) is 102 Å². The minimum Gasteiger partial charge on any atom is -0.378 e. The number of hydrogen-bond acceptors (Lipinski definition) is 7. The summed E-state index contributed by atoms with van der Waals surface area (Å²) in [6.07, 6.45) is 1.16. The maximum Gasteiger partial charge on any atom is 0.229 e. The highest BCUT2D eigenvalue weighted by molar-refractivity contribution is 7.92. The lowest BCUT2D eigenvalue weighted by Gasteiger charge is -2.30. The Morgan fingerprint density at radius 1 is 1.03 bits per heavy atom. The quantitative estimate of drug-likeness (QED) is 0.522. The summed E-state index contributed by atoms with van der Waals surface area (Å²) in [7, 11) is -3.47. The van der Waals surface area contributed by atoms with Crippen molar-refractivity contribution in [1.82, 2.24) is 19.8 Å². The molecule has 31 heavy (non-hydrogen) atoms. The van der Waals surface area contributed by atoms with Crippen molar-refractivity contribution in [1.29, 1.82) is 0 Å². The van der Waals surface area contributed by atoms with E-state index < -0.39 is 10.0 Å². The van der Waals surface area contributed by atoms with Crippen LogP contribution < -0.4 is 9.62 Å². The summed E-state index contributed by atoms with van der Waals surface area (Å²) in [6.45, 7) is 4.46. The van der Waals surface area contributed by atoms with Gasteiger partial charge in [0.1, 0.15) is 0 Å². The average molecular weight is 439 g/mol. The lowest BCUT2D eigenvalue weighted by molar-refractivity contribution is 0.123. The van der Waals surface area contributed by atoms with E-state index in [1.54, 1.807) is 4.52 Å². The summed E-state index contributed by atoms with van der Waals surface area (Å²) in [5.41, 5.74) is 3.57. The third-order valence-corrected chi connectivity index (χ3v) is 5.93. The van der Waals surface area contributed by atoms with Crippen LogP contribution in [0.3, 0.4) is 0 Å². The highest BCUT2D eigenvalue weighted by Gasteiger charge is 2.19. The Balaban J connectivity index is 1.72. The third-order valence-electron chi connectivity index (χ3n) is 5.34. The van der Waals surface area contributed by atoms with Crippen LogP contribution in [-0.4, -0.2) is 60.8 Å². The second-order valence-electron chi connectivity index (χ2n) is 7.58. The fourth-order valence-corrected chi connectivity index (χ4v) is 4.50. The van der Waals surface area contributed by atoms with E-state index in [1.807, 2.05) is 49.4 Å². The first-order valence-electron chi connectivity index (χ1n) is 9.96. The van der Waals surface area contributed by atoms with Crippen LogP contribution in [-0.2, 0) is 14.8 Å². The minimum absolute atomic E-state index is 0.522. The van der Waals surface area contributed by atoms with Gasteiger partial charge in [0.15, 0.2) is 11.5 Å². The zero-order valence-electron chi connectivity index (χ0n) is 17.2. The first-order chi connectivity index (χ1) is 14.9. The summed E-state index contributed by atoms with van der Waals surface area (Å²) < 4.78 is 34.0. The molecule has 1 N–H and O–H groups in total. The first-order valence-corrected chi connectivity index (χ1v) is 11.9. The molecule has 1 fully saturated rings. The minimum atomic E-state index is -3.47. The number of aromatic nitrogens is 4. The molecule has 1 aliphatic rings. The van der Waals surface area contributed by atoms with Crippen molar-refractivity contribution in [2.24, 2.45) is 0 Å². The van der Waals surface area contributed by atoms with Crippen molar-refractivity contribution in [3.05, 3.63) is 48.3 Å². The number of ether oxygens (including phenoxy) is 1. The van der Waals surface area contributed by atoms with E-state index in [4.69, 9.17) is 9.84 Å². The zero-order chi connectivity index (χ0) is 21.6. The molecule has 3 heterocycles. The van der Waals surface area contributed by atoms with E-state index in [9.17, 15) is 8.42 Å². The Hall–Kier alpha value is -3.24. The number of hydrogen-bond donors (Lipinski definition) is 1. The molecule has 2 aromatic carbocycles. The number of morpholine rings is 1. The molecule has 0 spiro atoms. The molecule has 9 nitrogen and oxygen atoms in total. The van der Waals surface area contributed by atoms with Crippen molar-refractivity contribution < 1.29 is 13.2 Å². The molecule has 0 aliphatic carbocycles. The van der Waals surface area contributed by atoms with Crippen LogP contribution in [0.25, 0.3) is 27.7 Å². The molecule has 1 aliphatic heterocycles. The SMILES string of the molecule is Cc1nnc2c3ccccc3c(-c3ccc(N4CCOCC4)c(NS(C)(=O)=O)c3)nn12. The van der Waals surface area contributed by atoms with Crippen LogP contribution in [0.5, 0.6) is 0 Å². The van der Waals surface area contributed by atoms with Crippen molar-refractivity contribution in [2.75, 3.05) is 42.2 Å². The predicted molar refractivity (Wildman–Crippen MR) is 120 cm³/mol. The van der Waals surface area contributed by atoms with Gasteiger partial charge in [-0.2, -0.15) is 9.61 Å². The number of anilines is 2. The van der Waals surface area contributed by atoms with Gasteiger partial charge in [-0.25, -0.2) is 8.42 Å². The molecular weight excluding hydrogens is 416 g/mol. The normalized spacial score (nSPS) is 15.0. The number of nitrogens with zero attached hydrogens (tertiary/aromatic N) is 5. The number of rotatable bonds is 4. The predicted octanol–water partition coefficient (Wildman–Crippen LogP) is 2.46. The second kappa shape index (κ2) is 7.47. The van der Waals surface area contributed by atoms with Gasteiger partial charge in [0.2, 0.25) is 10.0 Å². The van der Waals surface area contributed by atoms with Gasteiger partial charge in [0, 0.05) is 29.4 Å². The number of aryl methyl sites for hydroxylation is 1. The average Bonchev–Trinajstić information content (AvgIpc) is 3.13. The maximum atomic E-state index is 12.1. The van der Waals surface area contributed by atoms with E-state index in [0.717, 1.165) is 34.0 Å².